The minimum absolute atomic E-state index is 0.0224. The third kappa shape index (κ3) is 1.78. The second-order valence-electron chi connectivity index (χ2n) is 3.84. The molecule has 0 fully saturated rings. The molecule has 0 amide bonds. The van der Waals surface area contributed by atoms with Crippen molar-refractivity contribution in [1.82, 2.24) is 4.98 Å². The van der Waals surface area contributed by atoms with Crippen LogP contribution in [0.2, 0.25) is 0 Å². The average molecular weight is 261 g/mol. The summed E-state index contributed by atoms with van der Waals surface area (Å²) in [6.45, 7) is 2.15. The van der Waals surface area contributed by atoms with E-state index in [1.807, 2.05) is 5.38 Å². The lowest BCUT2D eigenvalue weighted by Gasteiger charge is -1.93. The Morgan fingerprint density at radius 2 is 2.12 bits per heavy atom. The first-order valence-electron chi connectivity index (χ1n) is 5.33. The van der Waals surface area contributed by atoms with Gasteiger partial charge in [0.25, 0.3) is 0 Å². The number of rotatable bonds is 2. The Morgan fingerprint density at radius 3 is 2.82 bits per heavy atom. The summed E-state index contributed by atoms with van der Waals surface area (Å²) in [5, 5.41) is 13.1. The first-order valence-corrected chi connectivity index (χ1v) is 7.03. The van der Waals surface area contributed by atoms with E-state index in [2.05, 4.69) is 36.2 Å². The van der Waals surface area contributed by atoms with E-state index in [0.717, 1.165) is 10.7 Å². The summed E-state index contributed by atoms with van der Waals surface area (Å²) in [5.74, 6) is 0. The fourth-order valence-corrected chi connectivity index (χ4v) is 3.79. The molecule has 17 heavy (non-hydrogen) atoms. The SMILES string of the molecule is Cc1c(-c2csc(CO)n2)sc2ccccc12. The van der Waals surface area contributed by atoms with E-state index in [1.165, 1.54) is 31.9 Å². The number of benzene rings is 1. The molecule has 0 aliphatic carbocycles. The van der Waals surface area contributed by atoms with Gasteiger partial charge in [0.2, 0.25) is 0 Å². The molecule has 0 unspecified atom stereocenters. The van der Waals surface area contributed by atoms with Crippen LogP contribution in [0.1, 0.15) is 10.6 Å². The summed E-state index contributed by atoms with van der Waals surface area (Å²) < 4.78 is 1.29. The lowest BCUT2D eigenvalue weighted by Crippen LogP contribution is -1.81. The number of thiazole rings is 1. The normalized spacial score (nSPS) is 11.2. The zero-order valence-corrected chi connectivity index (χ0v) is 10.9. The first-order chi connectivity index (χ1) is 8.29. The van der Waals surface area contributed by atoms with Crippen LogP contribution < -0.4 is 0 Å². The summed E-state index contributed by atoms with van der Waals surface area (Å²) in [5.41, 5.74) is 2.26. The highest BCUT2D eigenvalue weighted by molar-refractivity contribution is 7.22. The van der Waals surface area contributed by atoms with Gasteiger partial charge in [0.15, 0.2) is 0 Å². The minimum atomic E-state index is 0.0224. The Kier molecular flexibility index (Phi) is 2.70. The maximum atomic E-state index is 9.06. The number of aliphatic hydroxyl groups is 1. The second kappa shape index (κ2) is 4.22. The van der Waals surface area contributed by atoms with Gasteiger partial charge < -0.3 is 5.11 Å². The van der Waals surface area contributed by atoms with Gasteiger partial charge in [-0.15, -0.1) is 22.7 Å². The number of aryl methyl sites for hydroxylation is 1. The molecule has 0 atom stereocenters. The number of aliphatic hydroxyl groups excluding tert-OH is 1. The summed E-state index contributed by atoms with van der Waals surface area (Å²) in [6, 6.07) is 8.40. The van der Waals surface area contributed by atoms with Gasteiger partial charge in [-0.3, -0.25) is 0 Å². The number of hydrogen-bond acceptors (Lipinski definition) is 4. The van der Waals surface area contributed by atoms with Crippen molar-refractivity contribution in [3.05, 3.63) is 40.2 Å². The van der Waals surface area contributed by atoms with E-state index in [4.69, 9.17) is 5.11 Å². The Hall–Kier alpha value is -1.23. The molecule has 0 radical (unpaired) electrons. The van der Waals surface area contributed by atoms with Gasteiger partial charge in [0.05, 0.1) is 17.2 Å². The quantitative estimate of drug-likeness (QED) is 0.760. The van der Waals surface area contributed by atoms with Gasteiger partial charge in [-0.1, -0.05) is 18.2 Å². The molecule has 0 spiro atoms. The Balaban J connectivity index is 2.20. The van der Waals surface area contributed by atoms with Crippen LogP contribution in [0.15, 0.2) is 29.6 Å². The van der Waals surface area contributed by atoms with E-state index in [1.54, 1.807) is 11.3 Å². The van der Waals surface area contributed by atoms with Crippen molar-refractivity contribution in [3.8, 4) is 10.6 Å². The molecule has 2 nitrogen and oxygen atoms in total. The number of hydrogen-bond donors (Lipinski definition) is 1. The van der Waals surface area contributed by atoms with E-state index >= 15 is 0 Å². The third-order valence-electron chi connectivity index (χ3n) is 2.76. The van der Waals surface area contributed by atoms with Crippen molar-refractivity contribution in [2.24, 2.45) is 0 Å². The van der Waals surface area contributed by atoms with Gasteiger partial charge in [0.1, 0.15) is 5.01 Å². The maximum absolute atomic E-state index is 9.06. The number of nitrogens with zero attached hydrogens (tertiary/aromatic N) is 1. The van der Waals surface area contributed by atoms with Crippen LogP contribution in [0.25, 0.3) is 20.7 Å². The highest BCUT2D eigenvalue weighted by atomic mass is 32.1. The highest BCUT2D eigenvalue weighted by Gasteiger charge is 2.12. The fourth-order valence-electron chi connectivity index (χ4n) is 1.91. The summed E-state index contributed by atoms with van der Waals surface area (Å²) in [7, 11) is 0. The fraction of sp³-hybridized carbons (Fsp3) is 0.154. The zero-order valence-electron chi connectivity index (χ0n) is 9.30. The van der Waals surface area contributed by atoms with Crippen LogP contribution in [0.3, 0.4) is 0 Å². The van der Waals surface area contributed by atoms with E-state index in [-0.39, 0.29) is 6.61 Å². The van der Waals surface area contributed by atoms with Crippen molar-refractivity contribution in [1.29, 1.82) is 0 Å². The van der Waals surface area contributed by atoms with E-state index < -0.39 is 0 Å². The zero-order chi connectivity index (χ0) is 11.8. The lowest BCUT2D eigenvalue weighted by atomic mass is 10.1. The van der Waals surface area contributed by atoms with Crippen LogP contribution in [-0.4, -0.2) is 10.1 Å². The summed E-state index contributed by atoms with van der Waals surface area (Å²) in [4.78, 5) is 5.64. The molecule has 86 valence electrons. The molecule has 4 heteroatoms. The van der Waals surface area contributed by atoms with Crippen molar-refractivity contribution < 1.29 is 5.11 Å². The van der Waals surface area contributed by atoms with Crippen LogP contribution >= 0.6 is 22.7 Å². The monoisotopic (exact) mass is 261 g/mol. The largest absolute Gasteiger partial charge is 0.389 e. The number of thiophene rings is 1. The second-order valence-corrected chi connectivity index (χ2v) is 5.83. The molecule has 0 bridgehead atoms. The van der Waals surface area contributed by atoms with Gasteiger partial charge in [-0.2, -0.15) is 0 Å². The Bertz CT molecular complexity index is 669. The molecule has 0 saturated carbocycles. The molecular weight excluding hydrogens is 250 g/mol. The molecule has 2 heterocycles. The molecule has 0 aliphatic heterocycles. The maximum Gasteiger partial charge on any atom is 0.119 e. The average Bonchev–Trinajstić information content (AvgIpc) is 2.95. The van der Waals surface area contributed by atoms with E-state index in [9.17, 15) is 0 Å². The molecule has 3 aromatic rings. The topological polar surface area (TPSA) is 33.1 Å². The molecule has 2 aromatic heterocycles. The highest BCUT2D eigenvalue weighted by Crippen LogP contribution is 2.38. The van der Waals surface area contributed by atoms with E-state index in [0.29, 0.717) is 0 Å². The lowest BCUT2D eigenvalue weighted by molar-refractivity contribution is 0.281. The molecule has 0 saturated heterocycles. The van der Waals surface area contributed by atoms with Crippen LogP contribution in [-0.2, 0) is 6.61 Å². The Morgan fingerprint density at radius 1 is 1.29 bits per heavy atom. The smallest absolute Gasteiger partial charge is 0.119 e. The first kappa shape index (κ1) is 10.9. The van der Waals surface area contributed by atoms with Crippen LogP contribution in [0.4, 0.5) is 0 Å². The van der Waals surface area contributed by atoms with Crippen LogP contribution in [0.5, 0.6) is 0 Å². The number of aromatic nitrogens is 1. The summed E-state index contributed by atoms with van der Waals surface area (Å²) in [6.07, 6.45) is 0. The van der Waals surface area contributed by atoms with Crippen LogP contribution in [0, 0.1) is 6.92 Å². The molecule has 0 aliphatic rings. The van der Waals surface area contributed by atoms with Gasteiger partial charge in [0, 0.05) is 10.1 Å². The molecule has 3 rings (SSSR count). The van der Waals surface area contributed by atoms with Crippen molar-refractivity contribution in [3.63, 3.8) is 0 Å². The van der Waals surface area contributed by atoms with Crippen molar-refractivity contribution in [2.75, 3.05) is 0 Å². The third-order valence-corrected chi connectivity index (χ3v) is 4.89. The van der Waals surface area contributed by atoms with Gasteiger partial charge >= 0.3 is 0 Å². The molecule has 1 N–H and O–H groups in total. The van der Waals surface area contributed by atoms with Gasteiger partial charge in [-0.25, -0.2) is 4.98 Å². The predicted molar refractivity (Wildman–Crippen MR) is 73.6 cm³/mol. The minimum Gasteiger partial charge on any atom is -0.389 e. The molecular formula is C13H11NOS2. The molecule has 1 aromatic carbocycles. The summed E-state index contributed by atoms with van der Waals surface area (Å²) >= 11 is 3.27. The standard InChI is InChI=1S/C13H11NOS2/c1-8-9-4-2-3-5-11(9)17-13(8)10-7-16-12(6-15)14-10/h2-5,7,15H,6H2,1H3. The van der Waals surface area contributed by atoms with Gasteiger partial charge in [-0.05, 0) is 23.9 Å². The van der Waals surface area contributed by atoms with Crippen molar-refractivity contribution >= 4 is 32.8 Å². The number of fused-ring (bicyclic) bond motifs is 1. The predicted octanol–water partition coefficient (Wildman–Crippen LogP) is 3.83. The van der Waals surface area contributed by atoms with Crippen molar-refractivity contribution in [2.45, 2.75) is 13.5 Å². The Labute approximate surface area is 107 Å².